The van der Waals surface area contributed by atoms with Crippen molar-refractivity contribution in [2.45, 2.75) is 37.4 Å². The van der Waals surface area contributed by atoms with Crippen molar-refractivity contribution in [1.29, 1.82) is 0 Å². The summed E-state index contributed by atoms with van der Waals surface area (Å²) in [5, 5.41) is 6.29. The predicted molar refractivity (Wildman–Crippen MR) is 75.5 cm³/mol. The molecule has 2 saturated heterocycles. The van der Waals surface area contributed by atoms with Crippen molar-refractivity contribution in [3.63, 3.8) is 0 Å². The van der Waals surface area contributed by atoms with E-state index in [1.807, 2.05) is 6.07 Å². The average Bonchev–Trinajstić information content (AvgIpc) is 2.89. The molecule has 1 atom stereocenters. The molecule has 5 nitrogen and oxygen atoms in total. The van der Waals surface area contributed by atoms with Crippen LogP contribution in [-0.4, -0.2) is 42.2 Å². The Balaban J connectivity index is 1.49. The van der Waals surface area contributed by atoms with E-state index >= 15 is 0 Å². The van der Waals surface area contributed by atoms with Gasteiger partial charge >= 0.3 is 0 Å². The summed E-state index contributed by atoms with van der Waals surface area (Å²) in [5.41, 5.74) is 0.521. The number of ether oxygens (including phenoxy) is 1. The first-order valence-corrected chi connectivity index (χ1v) is 7.35. The Morgan fingerprint density at radius 1 is 1.40 bits per heavy atom. The van der Waals surface area contributed by atoms with Gasteiger partial charge in [0, 0.05) is 12.7 Å². The fraction of sp³-hybridized carbons (Fsp3) is 0.600. The number of carbonyl (C=O) groups is 1. The van der Waals surface area contributed by atoms with Crippen LogP contribution in [0.1, 0.15) is 36.2 Å². The van der Waals surface area contributed by atoms with Gasteiger partial charge in [0.15, 0.2) is 0 Å². The molecule has 1 spiro atoms. The van der Waals surface area contributed by atoms with E-state index in [9.17, 15) is 4.79 Å². The van der Waals surface area contributed by atoms with E-state index in [1.54, 1.807) is 18.3 Å². The van der Waals surface area contributed by atoms with E-state index in [4.69, 9.17) is 4.74 Å². The topological polar surface area (TPSA) is 63.2 Å². The Labute approximate surface area is 119 Å². The van der Waals surface area contributed by atoms with Gasteiger partial charge in [0.05, 0.1) is 11.7 Å². The first-order valence-electron chi connectivity index (χ1n) is 7.35. The Morgan fingerprint density at radius 3 is 3.00 bits per heavy atom. The second-order valence-corrected chi connectivity index (χ2v) is 5.64. The lowest BCUT2D eigenvalue weighted by molar-refractivity contribution is -0.0576. The van der Waals surface area contributed by atoms with Gasteiger partial charge in [-0.1, -0.05) is 6.07 Å². The molecule has 1 aromatic rings. The molecular weight excluding hydrogens is 254 g/mol. The number of rotatable bonds is 3. The first-order chi connectivity index (χ1) is 9.77. The summed E-state index contributed by atoms with van der Waals surface area (Å²) in [6.07, 6.45) is 6.07. The van der Waals surface area contributed by atoms with Crippen LogP contribution in [-0.2, 0) is 4.74 Å². The molecule has 20 heavy (non-hydrogen) atoms. The third-order valence-corrected chi connectivity index (χ3v) is 4.24. The summed E-state index contributed by atoms with van der Waals surface area (Å²) in [6, 6.07) is 5.34. The molecule has 3 heterocycles. The number of piperidine rings is 1. The Hall–Kier alpha value is -1.46. The summed E-state index contributed by atoms with van der Waals surface area (Å²) >= 11 is 0. The number of hydrogen-bond donors (Lipinski definition) is 2. The molecule has 0 aromatic carbocycles. The van der Waals surface area contributed by atoms with Crippen molar-refractivity contribution < 1.29 is 9.53 Å². The molecule has 1 aromatic heterocycles. The van der Waals surface area contributed by atoms with Gasteiger partial charge in [-0.15, -0.1) is 0 Å². The van der Waals surface area contributed by atoms with Crippen LogP contribution in [0.4, 0.5) is 0 Å². The van der Waals surface area contributed by atoms with Crippen molar-refractivity contribution in [2.75, 3.05) is 19.6 Å². The number of amides is 1. The summed E-state index contributed by atoms with van der Waals surface area (Å²) in [7, 11) is 0. The van der Waals surface area contributed by atoms with Crippen molar-refractivity contribution in [2.24, 2.45) is 0 Å². The molecule has 0 aliphatic carbocycles. The van der Waals surface area contributed by atoms with Gasteiger partial charge in [-0.25, -0.2) is 0 Å². The molecular formula is C15H21N3O2. The lowest BCUT2D eigenvalue weighted by atomic mass is 9.89. The van der Waals surface area contributed by atoms with Crippen molar-refractivity contribution in [3.8, 4) is 0 Å². The predicted octanol–water partition coefficient (Wildman–Crippen LogP) is 1.11. The third-order valence-electron chi connectivity index (χ3n) is 4.24. The number of nitrogens with zero attached hydrogens (tertiary/aromatic N) is 1. The van der Waals surface area contributed by atoms with E-state index in [0.29, 0.717) is 12.2 Å². The van der Waals surface area contributed by atoms with Crippen LogP contribution in [0.3, 0.4) is 0 Å². The molecule has 2 N–H and O–H groups in total. The monoisotopic (exact) mass is 275 g/mol. The summed E-state index contributed by atoms with van der Waals surface area (Å²) in [4.78, 5) is 16.0. The molecule has 2 aliphatic rings. The van der Waals surface area contributed by atoms with Gasteiger partial charge in [0.1, 0.15) is 5.69 Å². The second kappa shape index (κ2) is 5.89. The van der Waals surface area contributed by atoms with Crippen LogP contribution >= 0.6 is 0 Å². The number of hydrogen-bond acceptors (Lipinski definition) is 4. The number of carbonyl (C=O) groups excluding carboxylic acids is 1. The second-order valence-electron chi connectivity index (χ2n) is 5.64. The maximum Gasteiger partial charge on any atom is 0.269 e. The quantitative estimate of drug-likeness (QED) is 0.867. The number of nitrogens with one attached hydrogen (secondary N) is 2. The number of pyridine rings is 1. The normalized spacial score (nSPS) is 24.7. The molecule has 3 rings (SSSR count). The standard InChI is InChI=1S/C15H21N3O2/c19-14(13-3-1-2-8-17-13)18-11-12-4-5-15(20-12)6-9-16-10-7-15/h1-3,8,12,16H,4-7,9-11H2,(H,18,19). The zero-order chi connectivity index (χ0) is 13.8. The highest BCUT2D eigenvalue weighted by atomic mass is 16.5. The minimum atomic E-state index is -0.125. The lowest BCUT2D eigenvalue weighted by Crippen LogP contribution is -2.43. The maximum atomic E-state index is 11.9. The zero-order valence-electron chi connectivity index (χ0n) is 11.6. The van der Waals surface area contributed by atoms with Crippen molar-refractivity contribution in [3.05, 3.63) is 30.1 Å². The Kier molecular flexibility index (Phi) is 3.98. The molecule has 1 unspecified atom stereocenters. The van der Waals surface area contributed by atoms with Crippen LogP contribution < -0.4 is 10.6 Å². The minimum Gasteiger partial charge on any atom is -0.370 e. The van der Waals surface area contributed by atoms with Gasteiger partial charge in [-0.2, -0.15) is 0 Å². The van der Waals surface area contributed by atoms with E-state index < -0.39 is 0 Å². The van der Waals surface area contributed by atoms with Crippen molar-refractivity contribution >= 4 is 5.91 Å². The van der Waals surface area contributed by atoms with E-state index in [-0.39, 0.29) is 17.6 Å². The smallest absolute Gasteiger partial charge is 0.269 e. The third kappa shape index (κ3) is 2.99. The first kappa shape index (κ1) is 13.5. The fourth-order valence-corrected chi connectivity index (χ4v) is 3.08. The van der Waals surface area contributed by atoms with Gasteiger partial charge in [0.2, 0.25) is 0 Å². The highest BCUT2D eigenvalue weighted by Gasteiger charge is 2.40. The Morgan fingerprint density at radius 2 is 2.25 bits per heavy atom. The van der Waals surface area contributed by atoms with Crippen LogP contribution in [0.2, 0.25) is 0 Å². The lowest BCUT2D eigenvalue weighted by Gasteiger charge is -2.33. The maximum absolute atomic E-state index is 11.9. The van der Waals surface area contributed by atoms with Crippen LogP contribution in [0.5, 0.6) is 0 Å². The molecule has 0 saturated carbocycles. The van der Waals surface area contributed by atoms with Crippen LogP contribution in [0.15, 0.2) is 24.4 Å². The van der Waals surface area contributed by atoms with E-state index in [0.717, 1.165) is 38.8 Å². The largest absolute Gasteiger partial charge is 0.370 e. The summed E-state index contributed by atoms with van der Waals surface area (Å²) < 4.78 is 6.20. The van der Waals surface area contributed by atoms with Gasteiger partial charge < -0.3 is 15.4 Å². The highest BCUT2D eigenvalue weighted by Crippen LogP contribution is 2.36. The fourth-order valence-electron chi connectivity index (χ4n) is 3.08. The Bertz CT molecular complexity index is 457. The molecule has 2 fully saturated rings. The molecule has 0 radical (unpaired) electrons. The average molecular weight is 275 g/mol. The SMILES string of the molecule is O=C(NCC1CCC2(CCNCC2)O1)c1ccccn1. The van der Waals surface area contributed by atoms with Gasteiger partial charge in [-0.05, 0) is 50.9 Å². The summed E-state index contributed by atoms with van der Waals surface area (Å²) in [6.45, 7) is 2.64. The van der Waals surface area contributed by atoms with Gasteiger partial charge in [0.25, 0.3) is 5.91 Å². The molecule has 108 valence electrons. The van der Waals surface area contributed by atoms with Crippen molar-refractivity contribution in [1.82, 2.24) is 15.6 Å². The molecule has 1 amide bonds. The highest BCUT2D eigenvalue weighted by molar-refractivity contribution is 5.92. The van der Waals surface area contributed by atoms with Crippen LogP contribution in [0, 0.1) is 0 Å². The van der Waals surface area contributed by atoms with Gasteiger partial charge in [-0.3, -0.25) is 9.78 Å². The van der Waals surface area contributed by atoms with E-state index in [2.05, 4.69) is 15.6 Å². The molecule has 0 bridgehead atoms. The number of aromatic nitrogens is 1. The van der Waals surface area contributed by atoms with Crippen LogP contribution in [0.25, 0.3) is 0 Å². The van der Waals surface area contributed by atoms with E-state index in [1.165, 1.54) is 0 Å². The minimum absolute atomic E-state index is 0.0612. The zero-order valence-corrected chi connectivity index (χ0v) is 11.6. The molecule has 5 heteroatoms. The summed E-state index contributed by atoms with van der Waals surface area (Å²) in [5.74, 6) is -0.125. The molecule has 2 aliphatic heterocycles.